The molecule has 5 rings (SSSR count). The lowest BCUT2D eigenvalue weighted by molar-refractivity contribution is 0.651. The Balaban J connectivity index is 0.000000183. The van der Waals surface area contributed by atoms with Crippen LogP contribution in [0.1, 0.15) is 89.6 Å². The van der Waals surface area contributed by atoms with Crippen LogP contribution in [-0.4, -0.2) is 19.5 Å². The minimum absolute atomic E-state index is 0.483. The molecule has 0 amide bonds. The van der Waals surface area contributed by atoms with Gasteiger partial charge in [0.15, 0.2) is 0 Å². The van der Waals surface area contributed by atoms with Crippen LogP contribution in [-0.2, 0) is 12.8 Å². The van der Waals surface area contributed by atoms with Crippen molar-refractivity contribution in [3.63, 3.8) is 0 Å². The highest BCUT2D eigenvalue weighted by atomic mass is 15.1. The summed E-state index contributed by atoms with van der Waals surface area (Å²) in [6.45, 7) is 12.7. The first kappa shape index (κ1) is 25.5. The number of H-pyrrole nitrogens is 1. The minimum atomic E-state index is 0.483. The first-order valence-corrected chi connectivity index (χ1v) is 12.8. The van der Waals surface area contributed by atoms with Gasteiger partial charge in [-0.3, -0.25) is 5.41 Å². The third-order valence-corrected chi connectivity index (χ3v) is 6.62. The number of nitrogens with zero attached hydrogens (tertiary/aromatic N) is 3. The maximum atomic E-state index is 8.56. The molecule has 1 aliphatic carbocycles. The second kappa shape index (κ2) is 11.3. The van der Waals surface area contributed by atoms with Crippen molar-refractivity contribution >= 4 is 27.6 Å². The van der Waals surface area contributed by atoms with Crippen LogP contribution >= 0.6 is 0 Å². The molecule has 1 atom stereocenters. The summed E-state index contributed by atoms with van der Waals surface area (Å²) >= 11 is 0. The van der Waals surface area contributed by atoms with Crippen molar-refractivity contribution in [3.05, 3.63) is 59.1 Å². The number of pyridine rings is 1. The van der Waals surface area contributed by atoms with Crippen LogP contribution in [0, 0.1) is 5.41 Å². The monoisotopic (exact) mass is 460 g/mol. The molecular weight excluding hydrogens is 420 g/mol. The van der Waals surface area contributed by atoms with E-state index in [1.807, 2.05) is 20.0 Å². The molecule has 0 radical (unpaired) electrons. The normalized spacial score (nSPS) is 13.7. The minimum Gasteiger partial charge on any atom is -0.383 e. The number of nitrogens with two attached hydrogens (primary N) is 1. The number of anilines is 1. The molecule has 0 aliphatic heterocycles. The molecular formula is C28H40N6. The first-order valence-electron chi connectivity index (χ1n) is 12.8. The number of aryl methyl sites for hydroxylation is 2. The molecule has 6 heteroatoms. The zero-order valence-corrected chi connectivity index (χ0v) is 21.6. The van der Waals surface area contributed by atoms with E-state index in [4.69, 9.17) is 11.1 Å². The predicted molar refractivity (Wildman–Crippen MR) is 143 cm³/mol. The molecule has 3 aromatic heterocycles. The van der Waals surface area contributed by atoms with Crippen LogP contribution in [0.25, 0.3) is 21.8 Å². The summed E-state index contributed by atoms with van der Waals surface area (Å²) in [4.78, 5) is 11.2. The number of aromatic amines is 1. The molecule has 1 aromatic carbocycles. The molecule has 1 fully saturated rings. The van der Waals surface area contributed by atoms with Crippen molar-refractivity contribution in [3.8, 4) is 0 Å². The molecule has 1 unspecified atom stereocenters. The number of hydrogen-bond donors (Lipinski definition) is 3. The van der Waals surface area contributed by atoms with Gasteiger partial charge in [0, 0.05) is 23.3 Å². The lowest BCUT2D eigenvalue weighted by Gasteiger charge is -2.15. The van der Waals surface area contributed by atoms with Gasteiger partial charge in [-0.1, -0.05) is 59.7 Å². The van der Waals surface area contributed by atoms with Gasteiger partial charge >= 0.3 is 0 Å². The number of nitrogen functional groups attached to an aromatic ring is 1. The summed E-state index contributed by atoms with van der Waals surface area (Å²) in [6.07, 6.45) is 9.03. The van der Waals surface area contributed by atoms with E-state index in [9.17, 15) is 0 Å². The van der Waals surface area contributed by atoms with Gasteiger partial charge in [-0.05, 0) is 60.6 Å². The first-order chi connectivity index (χ1) is 16.5. The van der Waals surface area contributed by atoms with Crippen LogP contribution in [0.2, 0.25) is 0 Å². The summed E-state index contributed by atoms with van der Waals surface area (Å²) in [5, 5.41) is 11.9. The van der Waals surface area contributed by atoms with Crippen molar-refractivity contribution in [2.45, 2.75) is 85.6 Å². The Kier molecular flexibility index (Phi) is 8.48. The highest BCUT2D eigenvalue weighted by molar-refractivity contribution is 5.89. The fraction of sp³-hybridized carbons (Fsp3) is 0.464. The van der Waals surface area contributed by atoms with Gasteiger partial charge in [-0.15, -0.1) is 0 Å². The van der Waals surface area contributed by atoms with Gasteiger partial charge in [0.25, 0.3) is 0 Å². The Bertz CT molecular complexity index is 1300. The largest absolute Gasteiger partial charge is 0.383 e. The summed E-state index contributed by atoms with van der Waals surface area (Å²) < 4.78 is 2.27. The molecule has 4 aromatic rings. The van der Waals surface area contributed by atoms with Crippen molar-refractivity contribution in [1.82, 2.24) is 19.5 Å². The Morgan fingerprint density at radius 3 is 2.47 bits per heavy atom. The van der Waals surface area contributed by atoms with Gasteiger partial charge in [0.05, 0.1) is 5.39 Å². The van der Waals surface area contributed by atoms with E-state index in [1.165, 1.54) is 41.4 Å². The summed E-state index contributed by atoms with van der Waals surface area (Å²) in [5.74, 6) is 1.04. The van der Waals surface area contributed by atoms with Gasteiger partial charge < -0.3 is 15.3 Å². The van der Waals surface area contributed by atoms with Crippen LogP contribution in [0.5, 0.6) is 0 Å². The predicted octanol–water partition coefficient (Wildman–Crippen LogP) is 6.66. The topological polar surface area (TPSA) is 96.4 Å². The zero-order valence-electron chi connectivity index (χ0n) is 21.6. The molecule has 4 N–H and O–H groups in total. The maximum Gasteiger partial charge on any atom is 0.143 e. The van der Waals surface area contributed by atoms with Gasteiger partial charge in [0.1, 0.15) is 23.3 Å². The fourth-order valence-electron chi connectivity index (χ4n) is 4.48. The number of fused-ring (bicyclic) bond motifs is 2. The fourth-order valence-corrected chi connectivity index (χ4v) is 4.48. The Morgan fingerprint density at radius 2 is 1.85 bits per heavy atom. The SMILES string of the molecule is CC.CCC(C)c1c[nH]c2ncnc(N)c12.CCc1cccc2cc(CC)n(C3CC3)c(=N)c12. The number of hydrogen-bond acceptors (Lipinski definition) is 4. The van der Waals surface area contributed by atoms with Crippen molar-refractivity contribution in [2.24, 2.45) is 0 Å². The zero-order chi connectivity index (χ0) is 24.8. The van der Waals surface area contributed by atoms with Gasteiger partial charge in [-0.2, -0.15) is 0 Å². The smallest absolute Gasteiger partial charge is 0.143 e. The summed E-state index contributed by atoms with van der Waals surface area (Å²) in [5.41, 5.74) is 11.2. The highest BCUT2D eigenvalue weighted by Crippen LogP contribution is 2.35. The highest BCUT2D eigenvalue weighted by Gasteiger charge is 2.26. The number of benzene rings is 1. The van der Waals surface area contributed by atoms with Crippen molar-refractivity contribution in [2.75, 3.05) is 5.73 Å². The van der Waals surface area contributed by atoms with Gasteiger partial charge in [0.2, 0.25) is 0 Å². The van der Waals surface area contributed by atoms with Crippen LogP contribution in [0.15, 0.2) is 36.8 Å². The summed E-state index contributed by atoms with van der Waals surface area (Å²) in [7, 11) is 0. The molecule has 34 heavy (non-hydrogen) atoms. The second-order valence-corrected chi connectivity index (χ2v) is 8.71. The molecule has 3 heterocycles. The van der Waals surface area contributed by atoms with Crippen LogP contribution in [0.3, 0.4) is 0 Å². The number of nitrogens with one attached hydrogen (secondary N) is 2. The van der Waals surface area contributed by atoms with E-state index >= 15 is 0 Å². The maximum absolute atomic E-state index is 8.56. The second-order valence-electron chi connectivity index (χ2n) is 8.71. The number of rotatable bonds is 5. The average Bonchev–Trinajstić information content (AvgIpc) is 3.61. The average molecular weight is 461 g/mol. The van der Waals surface area contributed by atoms with E-state index in [1.54, 1.807) is 0 Å². The van der Waals surface area contributed by atoms with Gasteiger partial charge in [-0.25, -0.2) is 9.97 Å². The molecule has 0 spiro atoms. The van der Waals surface area contributed by atoms with E-state index in [0.717, 1.165) is 41.2 Å². The van der Waals surface area contributed by atoms with Crippen LogP contribution < -0.4 is 11.2 Å². The third kappa shape index (κ3) is 5.01. The van der Waals surface area contributed by atoms with E-state index in [0.29, 0.717) is 17.8 Å². The standard InChI is InChI=1S/C16H20N2.C10H14N4.C2H6/c1-3-11-6-5-7-12-10-13(4-2)18(14-8-9-14)16(17)15(11)12;1-3-6(2)7-4-12-10-8(7)9(11)13-5-14-10;1-2/h5-7,10,14,17H,3-4,8-9H2,1-2H3;4-6H,3H2,1-2H3,(H3,11,12,13,14);1-2H3. The molecule has 1 aliphatic rings. The molecule has 1 saturated carbocycles. The van der Waals surface area contributed by atoms with Crippen molar-refractivity contribution in [1.29, 1.82) is 5.41 Å². The van der Waals surface area contributed by atoms with Crippen LogP contribution in [0.4, 0.5) is 5.82 Å². The Labute approximate surface area is 203 Å². The summed E-state index contributed by atoms with van der Waals surface area (Å²) in [6, 6.07) is 9.28. The molecule has 0 bridgehead atoms. The Morgan fingerprint density at radius 1 is 1.12 bits per heavy atom. The number of aromatic nitrogens is 4. The molecule has 182 valence electrons. The van der Waals surface area contributed by atoms with E-state index in [-0.39, 0.29) is 0 Å². The molecule has 6 nitrogen and oxygen atoms in total. The molecule has 0 saturated heterocycles. The van der Waals surface area contributed by atoms with Crippen molar-refractivity contribution < 1.29 is 0 Å². The Hall–Kier alpha value is -3.15. The lowest BCUT2D eigenvalue weighted by Crippen LogP contribution is -2.23. The van der Waals surface area contributed by atoms with E-state index < -0.39 is 0 Å². The lowest BCUT2D eigenvalue weighted by atomic mass is 9.99. The van der Waals surface area contributed by atoms with E-state index in [2.05, 4.69) is 71.5 Å². The quantitative estimate of drug-likeness (QED) is 0.311. The third-order valence-electron chi connectivity index (χ3n) is 6.62.